The highest BCUT2D eigenvalue weighted by molar-refractivity contribution is 6.07. The number of benzene rings is 2. The van der Waals surface area contributed by atoms with Gasteiger partial charge in [-0.1, -0.05) is 24.2 Å². The molecule has 1 heterocycles. The van der Waals surface area contributed by atoms with Gasteiger partial charge in [0.25, 0.3) is 0 Å². The molecule has 0 aromatic heterocycles. The molecule has 0 bridgehead atoms. The zero-order chi connectivity index (χ0) is 28.2. The normalized spacial score (nSPS) is 18.4. The molecule has 10 heteroatoms. The lowest BCUT2D eigenvalue weighted by Gasteiger charge is -2.44. The van der Waals surface area contributed by atoms with Gasteiger partial charge in [-0.3, -0.25) is 9.69 Å². The van der Waals surface area contributed by atoms with Crippen LogP contribution < -0.4 is 5.32 Å². The summed E-state index contributed by atoms with van der Waals surface area (Å²) in [7, 11) is 1.19. The van der Waals surface area contributed by atoms with E-state index < -0.39 is 29.3 Å². The summed E-state index contributed by atoms with van der Waals surface area (Å²) in [6.07, 6.45) is 2.91. The average molecular weight is 532 g/mol. The van der Waals surface area contributed by atoms with E-state index in [2.05, 4.69) is 15.2 Å². The Labute approximate surface area is 220 Å². The second-order valence-electron chi connectivity index (χ2n) is 9.87. The van der Waals surface area contributed by atoms with Gasteiger partial charge in [0.15, 0.2) is 5.84 Å². The van der Waals surface area contributed by atoms with Crippen molar-refractivity contribution in [3.63, 3.8) is 0 Å². The van der Waals surface area contributed by atoms with E-state index >= 15 is 8.78 Å². The monoisotopic (exact) mass is 531 g/mol. The van der Waals surface area contributed by atoms with Crippen molar-refractivity contribution in [1.29, 1.82) is 0 Å². The number of methoxy groups -OCH3 is 1. The number of carbonyl (C=O) groups excluding carboxylic acids is 2. The summed E-state index contributed by atoms with van der Waals surface area (Å²) < 4.78 is 50.5. The molecule has 0 spiro atoms. The van der Waals surface area contributed by atoms with Gasteiger partial charge in [-0.05, 0) is 68.2 Å². The first kappa shape index (κ1) is 28.9. The average Bonchev–Trinajstić information content (AvgIpc) is 2.85. The van der Waals surface area contributed by atoms with Gasteiger partial charge in [-0.2, -0.15) is 0 Å². The molecule has 38 heavy (non-hydrogen) atoms. The molecule has 0 radical (unpaired) electrons. The van der Waals surface area contributed by atoms with Gasteiger partial charge in [0.2, 0.25) is 5.91 Å². The van der Waals surface area contributed by atoms with Crippen LogP contribution in [0.5, 0.6) is 0 Å². The summed E-state index contributed by atoms with van der Waals surface area (Å²) in [4.78, 5) is 25.0. The van der Waals surface area contributed by atoms with Crippen molar-refractivity contribution in [2.24, 2.45) is 5.16 Å². The van der Waals surface area contributed by atoms with Crippen LogP contribution in [-0.4, -0.2) is 53.2 Å². The van der Waals surface area contributed by atoms with Gasteiger partial charge < -0.3 is 15.3 Å². The third-order valence-electron chi connectivity index (χ3n) is 6.35. The minimum atomic E-state index is -1.65. The van der Waals surface area contributed by atoms with E-state index in [1.54, 1.807) is 30.0 Å². The van der Waals surface area contributed by atoms with E-state index in [1.807, 2.05) is 6.92 Å². The Kier molecular flexibility index (Phi) is 8.98. The zero-order valence-corrected chi connectivity index (χ0v) is 22.0. The van der Waals surface area contributed by atoms with Crippen LogP contribution in [0, 0.1) is 11.6 Å². The van der Waals surface area contributed by atoms with E-state index in [0.29, 0.717) is 23.1 Å². The number of oxime groups is 1. The van der Waals surface area contributed by atoms with Crippen LogP contribution >= 0.6 is 0 Å². The van der Waals surface area contributed by atoms with E-state index in [9.17, 15) is 19.2 Å². The molecule has 204 valence electrons. The summed E-state index contributed by atoms with van der Waals surface area (Å²) >= 11 is 0. The number of hydrogen-bond donors (Lipinski definition) is 2. The molecule has 7 nitrogen and oxygen atoms in total. The Morgan fingerprint density at radius 3 is 2.45 bits per heavy atom. The molecule has 2 N–H and O–H groups in total. The number of alkyl halides is 1. The van der Waals surface area contributed by atoms with Crippen LogP contribution in [0.4, 0.5) is 13.2 Å². The van der Waals surface area contributed by atoms with Crippen LogP contribution in [0.25, 0.3) is 6.08 Å². The Hall–Kier alpha value is -3.66. The maximum atomic E-state index is 15.6. The van der Waals surface area contributed by atoms with E-state index in [-0.39, 0.29) is 41.9 Å². The van der Waals surface area contributed by atoms with Crippen LogP contribution in [0.1, 0.15) is 68.0 Å². The molecule has 0 saturated carbocycles. The van der Waals surface area contributed by atoms with Gasteiger partial charge in [-0.15, -0.1) is 0 Å². The standard InChI is InChI=1S/C28H32F3N3O4/c1-6-23(35)32-27(33-37)18-8-9-20-19(14-18)11-16(2)34(15-28(3,4)31)26(20)25-21(29)12-17(13-22(25)30)7-10-24(36)38-5/h7-10,12-14,16,26,37H,6,11,15H2,1-5H3,(H,32,33,35)/b10-7+/t16-,26+/m1/s1. The van der Waals surface area contributed by atoms with Crippen LogP contribution in [0.2, 0.25) is 0 Å². The number of nitrogens with zero attached hydrogens (tertiary/aromatic N) is 2. The predicted molar refractivity (Wildman–Crippen MR) is 138 cm³/mol. The lowest BCUT2D eigenvalue weighted by atomic mass is 9.82. The molecular weight excluding hydrogens is 499 g/mol. The molecular formula is C28H32F3N3O4. The van der Waals surface area contributed by atoms with E-state index in [4.69, 9.17) is 0 Å². The van der Waals surface area contributed by atoms with Gasteiger partial charge in [0.1, 0.15) is 17.3 Å². The molecule has 0 fully saturated rings. The summed E-state index contributed by atoms with van der Waals surface area (Å²) in [6, 6.07) is 5.88. The fourth-order valence-electron chi connectivity index (χ4n) is 4.64. The molecule has 1 amide bonds. The summed E-state index contributed by atoms with van der Waals surface area (Å²) in [5.74, 6) is -2.76. The summed E-state index contributed by atoms with van der Waals surface area (Å²) in [5, 5.41) is 15.2. The number of rotatable bonds is 7. The number of hydrogen-bond acceptors (Lipinski definition) is 6. The quantitative estimate of drug-likeness (QED) is 0.133. The minimum absolute atomic E-state index is 0.0460. The Morgan fingerprint density at radius 1 is 1.24 bits per heavy atom. The van der Waals surface area contributed by atoms with Crippen molar-refractivity contribution in [2.45, 2.75) is 58.3 Å². The topological polar surface area (TPSA) is 91.2 Å². The van der Waals surface area contributed by atoms with Crippen LogP contribution in [0.3, 0.4) is 0 Å². The Morgan fingerprint density at radius 2 is 1.89 bits per heavy atom. The number of esters is 1. The first-order chi connectivity index (χ1) is 17.9. The second-order valence-corrected chi connectivity index (χ2v) is 9.87. The first-order valence-corrected chi connectivity index (χ1v) is 12.2. The highest BCUT2D eigenvalue weighted by Crippen LogP contribution is 2.41. The van der Waals surface area contributed by atoms with Crippen molar-refractivity contribution < 1.29 is 32.7 Å². The Bertz CT molecular complexity index is 1250. The molecule has 1 aliphatic heterocycles. The van der Waals surface area contributed by atoms with Crippen molar-refractivity contribution in [1.82, 2.24) is 10.2 Å². The van der Waals surface area contributed by atoms with Gasteiger partial charge in [0, 0.05) is 36.2 Å². The predicted octanol–water partition coefficient (Wildman–Crippen LogP) is 4.90. The van der Waals surface area contributed by atoms with Crippen LogP contribution in [-0.2, 0) is 20.7 Å². The van der Waals surface area contributed by atoms with Crippen molar-refractivity contribution >= 4 is 23.8 Å². The van der Waals surface area contributed by atoms with Crippen LogP contribution in [0.15, 0.2) is 41.6 Å². The SMILES string of the molecule is CCC(=O)N/C(=N\O)c1ccc2c(c1)C[C@@H](C)N(CC(C)(C)F)[C@@H]2c1c(F)cc(/C=C/C(=O)OC)cc1F. The molecule has 2 atom stereocenters. The lowest BCUT2D eigenvalue weighted by molar-refractivity contribution is -0.134. The number of amidine groups is 1. The third-order valence-corrected chi connectivity index (χ3v) is 6.35. The van der Waals surface area contributed by atoms with Gasteiger partial charge in [-0.25, -0.2) is 18.0 Å². The fourth-order valence-corrected chi connectivity index (χ4v) is 4.64. The minimum Gasteiger partial charge on any atom is -0.466 e. The van der Waals surface area contributed by atoms with E-state index in [0.717, 1.165) is 18.2 Å². The largest absolute Gasteiger partial charge is 0.466 e. The lowest BCUT2D eigenvalue weighted by Crippen LogP contribution is -2.48. The smallest absolute Gasteiger partial charge is 0.330 e. The van der Waals surface area contributed by atoms with E-state index in [1.165, 1.54) is 27.0 Å². The Balaban J connectivity index is 2.15. The molecule has 0 saturated heterocycles. The molecule has 0 aliphatic carbocycles. The fraction of sp³-hybridized carbons (Fsp3) is 0.393. The number of carbonyl (C=O) groups is 2. The maximum Gasteiger partial charge on any atom is 0.330 e. The zero-order valence-electron chi connectivity index (χ0n) is 22.0. The number of halogens is 3. The molecule has 2 aromatic carbocycles. The molecule has 1 aliphatic rings. The van der Waals surface area contributed by atoms with Gasteiger partial charge >= 0.3 is 5.97 Å². The summed E-state index contributed by atoms with van der Waals surface area (Å²) in [6.45, 7) is 6.23. The first-order valence-electron chi connectivity index (χ1n) is 12.2. The van der Waals surface area contributed by atoms with Crippen molar-refractivity contribution in [3.05, 3.63) is 75.9 Å². The molecule has 2 aromatic rings. The summed E-state index contributed by atoms with van der Waals surface area (Å²) in [5.41, 5.74) is -0.0789. The van der Waals surface area contributed by atoms with Gasteiger partial charge in [0.05, 0.1) is 13.2 Å². The second kappa shape index (κ2) is 11.8. The number of amides is 1. The number of nitrogens with one attached hydrogen (secondary N) is 1. The number of fused-ring (bicyclic) bond motifs is 1. The molecule has 0 unspecified atom stereocenters. The number of ether oxygens (including phenoxy) is 1. The third kappa shape index (κ3) is 6.61. The molecule has 3 rings (SSSR count). The van der Waals surface area contributed by atoms with Crippen molar-refractivity contribution in [2.75, 3.05) is 13.7 Å². The maximum absolute atomic E-state index is 15.6. The van der Waals surface area contributed by atoms with Crippen molar-refractivity contribution in [3.8, 4) is 0 Å². The highest BCUT2D eigenvalue weighted by atomic mass is 19.1. The highest BCUT2D eigenvalue weighted by Gasteiger charge is 2.39.